The van der Waals surface area contributed by atoms with E-state index in [2.05, 4.69) is 62.3 Å². The highest BCUT2D eigenvalue weighted by atomic mass is 14.8. The van der Waals surface area contributed by atoms with Crippen molar-refractivity contribution >= 4 is 16.5 Å². The van der Waals surface area contributed by atoms with E-state index in [4.69, 9.17) is 0 Å². The Labute approximate surface area is 128 Å². The molecule has 112 valence electrons. The van der Waals surface area contributed by atoms with E-state index in [0.717, 1.165) is 30.6 Å². The minimum atomic E-state index is 1.01. The molecule has 0 saturated carbocycles. The fourth-order valence-corrected chi connectivity index (χ4v) is 2.86. The molecule has 0 amide bonds. The summed E-state index contributed by atoms with van der Waals surface area (Å²) in [6, 6.07) is 8.91. The minimum absolute atomic E-state index is 1.01. The summed E-state index contributed by atoms with van der Waals surface area (Å²) in [5.41, 5.74) is 7.76. The molecule has 0 aliphatic rings. The molecule has 0 bridgehead atoms. The zero-order valence-corrected chi connectivity index (χ0v) is 13.9. The maximum absolute atomic E-state index is 4.66. The summed E-state index contributed by atoms with van der Waals surface area (Å²) >= 11 is 0. The molecule has 0 aliphatic heterocycles. The Balaban J connectivity index is 2.56. The Morgan fingerprint density at radius 1 is 1.19 bits per heavy atom. The monoisotopic (exact) mass is 282 g/mol. The highest BCUT2D eigenvalue weighted by Gasteiger charge is 2.08. The van der Waals surface area contributed by atoms with Gasteiger partial charge in [-0.25, -0.2) is 0 Å². The van der Waals surface area contributed by atoms with Crippen LogP contribution in [0.1, 0.15) is 44.0 Å². The second-order valence-electron chi connectivity index (χ2n) is 5.84. The SMILES string of the molecule is CCc1cc(C)nc2ccc(C(CCNC)=C(C)C)cc12. The number of benzene rings is 1. The Hall–Kier alpha value is -1.67. The van der Waals surface area contributed by atoms with Crippen LogP contribution in [0.5, 0.6) is 0 Å². The van der Waals surface area contributed by atoms with Crippen LogP contribution in [0.2, 0.25) is 0 Å². The van der Waals surface area contributed by atoms with Gasteiger partial charge in [-0.15, -0.1) is 0 Å². The van der Waals surface area contributed by atoms with Crippen LogP contribution in [-0.4, -0.2) is 18.6 Å². The second kappa shape index (κ2) is 6.86. The van der Waals surface area contributed by atoms with E-state index < -0.39 is 0 Å². The van der Waals surface area contributed by atoms with Crippen LogP contribution in [0.4, 0.5) is 0 Å². The lowest BCUT2D eigenvalue weighted by Gasteiger charge is -2.13. The van der Waals surface area contributed by atoms with Crippen molar-refractivity contribution in [2.75, 3.05) is 13.6 Å². The number of rotatable bonds is 5. The second-order valence-corrected chi connectivity index (χ2v) is 5.84. The molecule has 2 aromatic rings. The first kappa shape index (κ1) is 15.7. The Morgan fingerprint density at radius 3 is 2.57 bits per heavy atom. The van der Waals surface area contributed by atoms with Gasteiger partial charge >= 0.3 is 0 Å². The third-order valence-electron chi connectivity index (χ3n) is 3.98. The molecular weight excluding hydrogens is 256 g/mol. The maximum atomic E-state index is 4.66. The number of hydrogen-bond donors (Lipinski definition) is 1. The molecule has 21 heavy (non-hydrogen) atoms. The zero-order valence-electron chi connectivity index (χ0n) is 13.9. The quantitative estimate of drug-likeness (QED) is 0.873. The molecule has 0 atom stereocenters. The summed E-state index contributed by atoms with van der Waals surface area (Å²) in [6.07, 6.45) is 2.11. The predicted molar refractivity (Wildman–Crippen MR) is 92.7 cm³/mol. The van der Waals surface area contributed by atoms with Crippen molar-refractivity contribution in [3.8, 4) is 0 Å². The van der Waals surface area contributed by atoms with Crippen LogP contribution in [0.25, 0.3) is 16.5 Å². The fraction of sp³-hybridized carbons (Fsp3) is 0.421. The van der Waals surface area contributed by atoms with Gasteiger partial charge in [0.1, 0.15) is 0 Å². The van der Waals surface area contributed by atoms with Gasteiger partial charge in [-0.1, -0.05) is 18.6 Å². The topological polar surface area (TPSA) is 24.9 Å². The van der Waals surface area contributed by atoms with Gasteiger partial charge in [0.25, 0.3) is 0 Å². The van der Waals surface area contributed by atoms with Crippen molar-refractivity contribution in [3.63, 3.8) is 0 Å². The third-order valence-corrected chi connectivity index (χ3v) is 3.98. The van der Waals surface area contributed by atoms with Crippen molar-refractivity contribution in [3.05, 3.63) is 46.7 Å². The highest BCUT2D eigenvalue weighted by molar-refractivity contribution is 5.86. The van der Waals surface area contributed by atoms with E-state index in [9.17, 15) is 0 Å². The normalized spacial score (nSPS) is 10.9. The lowest BCUT2D eigenvalue weighted by molar-refractivity contribution is 0.813. The molecule has 0 spiro atoms. The number of nitrogens with one attached hydrogen (secondary N) is 1. The number of aryl methyl sites for hydroxylation is 2. The van der Waals surface area contributed by atoms with Gasteiger partial charge < -0.3 is 5.32 Å². The number of fused-ring (bicyclic) bond motifs is 1. The average molecular weight is 282 g/mol. The van der Waals surface area contributed by atoms with Gasteiger partial charge in [0.2, 0.25) is 0 Å². The fourth-order valence-electron chi connectivity index (χ4n) is 2.86. The first-order valence-electron chi connectivity index (χ1n) is 7.78. The zero-order chi connectivity index (χ0) is 15.4. The van der Waals surface area contributed by atoms with E-state index >= 15 is 0 Å². The molecule has 0 aliphatic carbocycles. The molecule has 1 heterocycles. The van der Waals surface area contributed by atoms with Gasteiger partial charge in [-0.05, 0) is 82.1 Å². The Bertz CT molecular complexity index is 665. The van der Waals surface area contributed by atoms with E-state index in [-0.39, 0.29) is 0 Å². The van der Waals surface area contributed by atoms with E-state index in [1.807, 2.05) is 7.05 Å². The van der Waals surface area contributed by atoms with Crippen molar-refractivity contribution < 1.29 is 0 Å². The minimum Gasteiger partial charge on any atom is -0.319 e. The van der Waals surface area contributed by atoms with Gasteiger partial charge in [-0.3, -0.25) is 4.98 Å². The first-order valence-corrected chi connectivity index (χ1v) is 7.78. The smallest absolute Gasteiger partial charge is 0.0708 e. The molecular formula is C19H26N2. The molecule has 2 heteroatoms. The van der Waals surface area contributed by atoms with Gasteiger partial charge in [0.15, 0.2) is 0 Å². The number of nitrogens with zero attached hydrogens (tertiary/aromatic N) is 1. The van der Waals surface area contributed by atoms with E-state index in [0.29, 0.717) is 0 Å². The lowest BCUT2D eigenvalue weighted by Crippen LogP contribution is -2.08. The number of aromatic nitrogens is 1. The van der Waals surface area contributed by atoms with Crippen molar-refractivity contribution in [1.82, 2.24) is 10.3 Å². The highest BCUT2D eigenvalue weighted by Crippen LogP contribution is 2.27. The summed E-state index contributed by atoms with van der Waals surface area (Å²) < 4.78 is 0. The molecule has 2 nitrogen and oxygen atoms in total. The average Bonchev–Trinajstić information content (AvgIpc) is 2.46. The summed E-state index contributed by atoms with van der Waals surface area (Å²) in [5.74, 6) is 0. The largest absolute Gasteiger partial charge is 0.319 e. The standard InChI is InChI=1S/C19H26N2/c1-6-15-11-14(4)21-19-8-7-16(12-18(15)19)17(13(2)3)9-10-20-5/h7-8,11-12,20H,6,9-10H2,1-5H3. The summed E-state index contributed by atoms with van der Waals surface area (Å²) in [7, 11) is 2.00. The van der Waals surface area contributed by atoms with Crippen LogP contribution in [-0.2, 0) is 6.42 Å². The maximum Gasteiger partial charge on any atom is 0.0708 e. The predicted octanol–water partition coefficient (Wildman–Crippen LogP) is 4.51. The van der Waals surface area contributed by atoms with Crippen LogP contribution in [0, 0.1) is 6.92 Å². The number of allylic oxidation sites excluding steroid dienone is 1. The van der Waals surface area contributed by atoms with Crippen LogP contribution in [0.15, 0.2) is 29.8 Å². The molecule has 1 N–H and O–H groups in total. The van der Waals surface area contributed by atoms with Gasteiger partial charge in [0, 0.05) is 11.1 Å². The Morgan fingerprint density at radius 2 is 1.95 bits per heavy atom. The van der Waals surface area contributed by atoms with Crippen molar-refractivity contribution in [2.24, 2.45) is 0 Å². The first-order chi connectivity index (χ1) is 10.1. The van der Waals surface area contributed by atoms with Crippen molar-refractivity contribution in [1.29, 1.82) is 0 Å². The van der Waals surface area contributed by atoms with E-state index in [1.54, 1.807) is 0 Å². The van der Waals surface area contributed by atoms with Gasteiger partial charge in [-0.2, -0.15) is 0 Å². The number of pyridine rings is 1. The molecule has 0 unspecified atom stereocenters. The molecule has 2 rings (SSSR count). The number of hydrogen-bond acceptors (Lipinski definition) is 2. The lowest BCUT2D eigenvalue weighted by atomic mass is 9.95. The van der Waals surface area contributed by atoms with Crippen LogP contribution >= 0.6 is 0 Å². The molecule has 0 radical (unpaired) electrons. The Kier molecular flexibility index (Phi) is 5.13. The van der Waals surface area contributed by atoms with Crippen molar-refractivity contribution in [2.45, 2.75) is 40.5 Å². The summed E-state index contributed by atoms with van der Waals surface area (Å²) in [6.45, 7) is 9.68. The molecule has 1 aromatic carbocycles. The molecule has 0 fully saturated rings. The molecule has 0 saturated heterocycles. The third kappa shape index (κ3) is 3.51. The summed E-state index contributed by atoms with van der Waals surface area (Å²) in [5, 5.41) is 4.54. The van der Waals surface area contributed by atoms with Gasteiger partial charge in [0.05, 0.1) is 5.52 Å². The van der Waals surface area contributed by atoms with Crippen LogP contribution in [0.3, 0.4) is 0 Å². The summed E-state index contributed by atoms with van der Waals surface area (Å²) in [4.78, 5) is 4.66. The van der Waals surface area contributed by atoms with Crippen LogP contribution < -0.4 is 5.32 Å². The molecule has 1 aromatic heterocycles. The van der Waals surface area contributed by atoms with E-state index in [1.165, 1.54) is 27.7 Å².